The number of aryl methyl sites for hydroxylation is 1. The van der Waals surface area contributed by atoms with Crippen molar-refractivity contribution in [2.75, 3.05) is 7.11 Å². The summed E-state index contributed by atoms with van der Waals surface area (Å²) in [6.07, 6.45) is 4.48. The van der Waals surface area contributed by atoms with E-state index in [4.69, 9.17) is 10.5 Å². The first-order valence-electron chi connectivity index (χ1n) is 5.94. The summed E-state index contributed by atoms with van der Waals surface area (Å²) in [7, 11) is 1.72. The smallest absolute Gasteiger partial charge is 0.122 e. The summed E-state index contributed by atoms with van der Waals surface area (Å²) in [5.74, 6) is 0.995. The standard InChI is InChI=1S/C14H23NO/c1-14(2,15)11-7-6-9-12-8-4-5-10-13(12)16-3/h4-5,8,10H,6-7,9,11,15H2,1-3H3. The van der Waals surface area contributed by atoms with Gasteiger partial charge in [-0.15, -0.1) is 0 Å². The highest BCUT2D eigenvalue weighted by Gasteiger charge is 2.09. The summed E-state index contributed by atoms with van der Waals surface area (Å²) in [5.41, 5.74) is 7.20. The highest BCUT2D eigenvalue weighted by molar-refractivity contribution is 5.33. The predicted octanol–water partition coefficient (Wildman–Crippen LogP) is 3.15. The fourth-order valence-electron chi connectivity index (χ4n) is 1.81. The fraction of sp³-hybridized carbons (Fsp3) is 0.571. The zero-order chi connectivity index (χ0) is 12.0. The SMILES string of the molecule is COc1ccccc1CCCCC(C)(C)N. The van der Waals surface area contributed by atoms with Crippen LogP contribution < -0.4 is 10.5 Å². The molecule has 0 saturated heterocycles. The van der Waals surface area contributed by atoms with E-state index in [1.807, 2.05) is 12.1 Å². The van der Waals surface area contributed by atoms with E-state index < -0.39 is 0 Å². The Morgan fingerprint density at radius 3 is 2.50 bits per heavy atom. The Bertz CT molecular complexity index is 315. The number of para-hydroxylation sites is 1. The molecule has 0 amide bonds. The molecule has 0 radical (unpaired) electrons. The van der Waals surface area contributed by atoms with E-state index in [9.17, 15) is 0 Å². The molecule has 0 heterocycles. The van der Waals surface area contributed by atoms with Crippen molar-refractivity contribution in [3.8, 4) is 5.75 Å². The van der Waals surface area contributed by atoms with Crippen molar-refractivity contribution < 1.29 is 4.74 Å². The van der Waals surface area contributed by atoms with Crippen LogP contribution in [0.2, 0.25) is 0 Å². The van der Waals surface area contributed by atoms with Crippen LogP contribution in [0.1, 0.15) is 38.7 Å². The van der Waals surface area contributed by atoms with Crippen LogP contribution in [0.3, 0.4) is 0 Å². The van der Waals surface area contributed by atoms with Gasteiger partial charge in [0.25, 0.3) is 0 Å². The molecule has 0 fully saturated rings. The van der Waals surface area contributed by atoms with Crippen molar-refractivity contribution in [3.05, 3.63) is 29.8 Å². The van der Waals surface area contributed by atoms with Gasteiger partial charge >= 0.3 is 0 Å². The van der Waals surface area contributed by atoms with Crippen LogP contribution >= 0.6 is 0 Å². The van der Waals surface area contributed by atoms with Crippen LogP contribution in [0, 0.1) is 0 Å². The number of hydrogen-bond donors (Lipinski definition) is 1. The zero-order valence-electron chi connectivity index (χ0n) is 10.6. The van der Waals surface area contributed by atoms with Gasteiger partial charge in [-0.3, -0.25) is 0 Å². The Balaban J connectivity index is 2.37. The van der Waals surface area contributed by atoms with Crippen molar-refractivity contribution in [3.63, 3.8) is 0 Å². The van der Waals surface area contributed by atoms with E-state index in [1.165, 1.54) is 18.4 Å². The molecule has 0 atom stereocenters. The van der Waals surface area contributed by atoms with Gasteiger partial charge in [-0.2, -0.15) is 0 Å². The Labute approximate surface area is 98.8 Å². The molecule has 1 aromatic rings. The topological polar surface area (TPSA) is 35.2 Å². The number of hydrogen-bond acceptors (Lipinski definition) is 2. The van der Waals surface area contributed by atoms with Crippen molar-refractivity contribution in [1.82, 2.24) is 0 Å². The van der Waals surface area contributed by atoms with Crippen LogP contribution in [0.15, 0.2) is 24.3 Å². The highest BCUT2D eigenvalue weighted by atomic mass is 16.5. The number of methoxy groups -OCH3 is 1. The van der Waals surface area contributed by atoms with Crippen molar-refractivity contribution in [2.45, 2.75) is 45.1 Å². The van der Waals surface area contributed by atoms with E-state index >= 15 is 0 Å². The molecule has 0 aliphatic heterocycles. The Morgan fingerprint density at radius 1 is 1.19 bits per heavy atom. The molecule has 2 nitrogen and oxygen atoms in total. The first-order chi connectivity index (χ1) is 7.53. The first kappa shape index (κ1) is 13.0. The molecule has 0 aliphatic rings. The summed E-state index contributed by atoms with van der Waals surface area (Å²) < 4.78 is 5.32. The van der Waals surface area contributed by atoms with E-state index in [1.54, 1.807) is 7.11 Å². The minimum Gasteiger partial charge on any atom is -0.496 e. The van der Waals surface area contributed by atoms with Gasteiger partial charge in [0.1, 0.15) is 5.75 Å². The molecule has 0 bridgehead atoms. The molecule has 90 valence electrons. The minimum absolute atomic E-state index is 0.0409. The third kappa shape index (κ3) is 4.67. The molecule has 0 spiro atoms. The highest BCUT2D eigenvalue weighted by Crippen LogP contribution is 2.20. The normalized spacial score (nSPS) is 11.5. The summed E-state index contributed by atoms with van der Waals surface area (Å²) in [6.45, 7) is 4.16. The molecule has 0 aliphatic carbocycles. The number of ether oxygens (including phenoxy) is 1. The van der Waals surface area contributed by atoms with Gasteiger partial charge in [0.05, 0.1) is 7.11 Å². The van der Waals surface area contributed by atoms with E-state index in [0.717, 1.165) is 18.6 Å². The molecular weight excluding hydrogens is 198 g/mol. The minimum atomic E-state index is -0.0409. The lowest BCUT2D eigenvalue weighted by atomic mass is 9.97. The molecule has 1 rings (SSSR count). The first-order valence-corrected chi connectivity index (χ1v) is 5.94. The Morgan fingerprint density at radius 2 is 1.88 bits per heavy atom. The molecule has 0 aromatic heterocycles. The second-order valence-electron chi connectivity index (χ2n) is 5.01. The second kappa shape index (κ2) is 5.90. The van der Waals surface area contributed by atoms with Crippen molar-refractivity contribution in [1.29, 1.82) is 0 Å². The van der Waals surface area contributed by atoms with E-state index in [0.29, 0.717) is 0 Å². The molecular formula is C14H23NO. The van der Waals surface area contributed by atoms with Gasteiger partial charge in [-0.05, 0) is 44.7 Å². The number of rotatable bonds is 6. The number of unbranched alkanes of at least 4 members (excludes halogenated alkanes) is 1. The molecule has 2 heteroatoms. The zero-order valence-corrected chi connectivity index (χ0v) is 10.6. The lowest BCUT2D eigenvalue weighted by Gasteiger charge is -2.17. The number of nitrogens with two attached hydrogens (primary N) is 1. The second-order valence-corrected chi connectivity index (χ2v) is 5.01. The van der Waals surface area contributed by atoms with Gasteiger partial charge < -0.3 is 10.5 Å². The van der Waals surface area contributed by atoms with E-state index in [2.05, 4.69) is 26.0 Å². The van der Waals surface area contributed by atoms with Gasteiger partial charge in [0.2, 0.25) is 0 Å². The fourth-order valence-corrected chi connectivity index (χ4v) is 1.81. The molecule has 16 heavy (non-hydrogen) atoms. The monoisotopic (exact) mass is 221 g/mol. The molecule has 1 aromatic carbocycles. The largest absolute Gasteiger partial charge is 0.496 e. The maximum Gasteiger partial charge on any atom is 0.122 e. The van der Waals surface area contributed by atoms with Crippen molar-refractivity contribution >= 4 is 0 Å². The van der Waals surface area contributed by atoms with Crippen LogP contribution in [0.5, 0.6) is 5.75 Å². The predicted molar refractivity (Wildman–Crippen MR) is 68.8 cm³/mol. The van der Waals surface area contributed by atoms with Gasteiger partial charge in [-0.25, -0.2) is 0 Å². The van der Waals surface area contributed by atoms with Crippen LogP contribution in [0.4, 0.5) is 0 Å². The van der Waals surface area contributed by atoms with Gasteiger partial charge in [-0.1, -0.05) is 24.6 Å². The van der Waals surface area contributed by atoms with Crippen molar-refractivity contribution in [2.24, 2.45) is 5.73 Å². The maximum absolute atomic E-state index is 5.95. The van der Waals surface area contributed by atoms with Crippen LogP contribution in [-0.4, -0.2) is 12.6 Å². The summed E-state index contributed by atoms with van der Waals surface area (Å²) in [6, 6.07) is 8.21. The van der Waals surface area contributed by atoms with Crippen LogP contribution in [0.25, 0.3) is 0 Å². The lowest BCUT2D eigenvalue weighted by Crippen LogP contribution is -2.31. The lowest BCUT2D eigenvalue weighted by molar-refractivity contribution is 0.407. The van der Waals surface area contributed by atoms with Crippen LogP contribution in [-0.2, 0) is 6.42 Å². The number of benzene rings is 1. The average molecular weight is 221 g/mol. The Hall–Kier alpha value is -1.02. The summed E-state index contributed by atoms with van der Waals surface area (Å²) in [4.78, 5) is 0. The molecule has 0 unspecified atom stereocenters. The maximum atomic E-state index is 5.95. The summed E-state index contributed by atoms with van der Waals surface area (Å²) >= 11 is 0. The van der Waals surface area contributed by atoms with Gasteiger partial charge in [0.15, 0.2) is 0 Å². The Kier molecular flexibility index (Phi) is 4.81. The van der Waals surface area contributed by atoms with E-state index in [-0.39, 0.29) is 5.54 Å². The third-order valence-corrected chi connectivity index (χ3v) is 2.71. The molecule has 0 saturated carbocycles. The third-order valence-electron chi connectivity index (χ3n) is 2.71. The quantitative estimate of drug-likeness (QED) is 0.749. The summed E-state index contributed by atoms with van der Waals surface area (Å²) in [5, 5.41) is 0. The van der Waals surface area contributed by atoms with Gasteiger partial charge in [0, 0.05) is 5.54 Å². The average Bonchev–Trinajstić information content (AvgIpc) is 2.23. The molecule has 2 N–H and O–H groups in total.